The van der Waals surface area contributed by atoms with Crippen LogP contribution in [0.1, 0.15) is 23.6 Å². The van der Waals surface area contributed by atoms with Crippen LogP contribution in [0.15, 0.2) is 85.5 Å². The molecule has 4 N–H and O–H groups in total. The number of nitrogens with zero attached hydrogens (tertiary/aromatic N) is 2. The molecule has 0 atom stereocenters. The Morgan fingerprint density at radius 1 is 0.976 bits per heavy atom. The highest BCUT2D eigenvalue weighted by molar-refractivity contribution is 5.91. The fraction of sp³-hybridized carbons (Fsp3) is 0.188. The number of hydrogen-bond acceptors (Lipinski definition) is 5. The molecule has 3 amide bonds. The van der Waals surface area contributed by atoms with Crippen LogP contribution in [0.2, 0.25) is 0 Å². The second-order valence-corrected chi connectivity index (χ2v) is 9.82. The van der Waals surface area contributed by atoms with Gasteiger partial charge in [0.25, 0.3) is 0 Å². The number of nitrogens with one attached hydrogen (secondary N) is 4. The number of para-hydroxylation sites is 1. The summed E-state index contributed by atoms with van der Waals surface area (Å²) in [6.07, 6.45) is 9.31. The van der Waals surface area contributed by atoms with Crippen molar-refractivity contribution in [3.8, 4) is 5.88 Å². The number of ether oxygens (including phenoxy) is 1. The van der Waals surface area contributed by atoms with E-state index in [1.807, 2.05) is 73.1 Å². The monoisotopic (exact) mass is 564 g/mol. The van der Waals surface area contributed by atoms with Crippen LogP contribution in [-0.4, -0.2) is 57.2 Å². The SMILES string of the molecule is CC(=O)NCC(=O)N(CCc1c[nH]c2ccccc12)CC(=O)NC=Cc1c[nH]c2cnc(OCc3ccccc3)cc12. The molecule has 2 aromatic carbocycles. The van der Waals surface area contributed by atoms with Crippen LogP contribution in [0.3, 0.4) is 0 Å². The summed E-state index contributed by atoms with van der Waals surface area (Å²) in [6, 6.07) is 19.6. The van der Waals surface area contributed by atoms with Crippen LogP contribution in [0.5, 0.6) is 5.88 Å². The van der Waals surface area contributed by atoms with Crippen molar-refractivity contribution in [2.75, 3.05) is 19.6 Å². The van der Waals surface area contributed by atoms with Gasteiger partial charge in [-0.3, -0.25) is 14.4 Å². The third-order valence-corrected chi connectivity index (χ3v) is 6.81. The smallest absolute Gasteiger partial charge is 0.243 e. The summed E-state index contributed by atoms with van der Waals surface area (Å²) in [5.74, 6) is -0.505. The maximum Gasteiger partial charge on any atom is 0.243 e. The second kappa shape index (κ2) is 13.3. The lowest BCUT2D eigenvalue weighted by Crippen LogP contribution is -2.45. The Morgan fingerprint density at radius 3 is 2.60 bits per heavy atom. The number of amides is 3. The van der Waals surface area contributed by atoms with Crippen molar-refractivity contribution in [2.45, 2.75) is 20.0 Å². The molecule has 0 aliphatic carbocycles. The van der Waals surface area contributed by atoms with Crippen LogP contribution in [0.25, 0.3) is 27.9 Å². The maximum atomic E-state index is 12.9. The summed E-state index contributed by atoms with van der Waals surface area (Å²) >= 11 is 0. The lowest BCUT2D eigenvalue weighted by molar-refractivity contribution is -0.136. The molecule has 0 unspecified atom stereocenters. The van der Waals surface area contributed by atoms with E-state index in [2.05, 4.69) is 25.6 Å². The van der Waals surface area contributed by atoms with Gasteiger partial charge in [0.2, 0.25) is 23.6 Å². The Labute approximate surface area is 242 Å². The molecule has 0 saturated heterocycles. The summed E-state index contributed by atoms with van der Waals surface area (Å²) in [7, 11) is 0. The largest absolute Gasteiger partial charge is 0.473 e. The van der Waals surface area contributed by atoms with E-state index in [1.54, 1.807) is 18.5 Å². The van der Waals surface area contributed by atoms with Gasteiger partial charge >= 0.3 is 0 Å². The van der Waals surface area contributed by atoms with E-state index in [4.69, 9.17) is 4.74 Å². The first-order chi connectivity index (χ1) is 20.5. The molecule has 0 bridgehead atoms. The van der Waals surface area contributed by atoms with E-state index in [-0.39, 0.29) is 30.8 Å². The van der Waals surface area contributed by atoms with Crippen molar-refractivity contribution in [3.05, 3.63) is 102 Å². The normalized spacial score (nSPS) is 11.2. The number of benzene rings is 2. The van der Waals surface area contributed by atoms with Gasteiger partial charge < -0.3 is 30.2 Å². The predicted molar refractivity (Wildman–Crippen MR) is 161 cm³/mol. The van der Waals surface area contributed by atoms with Crippen LogP contribution in [0.4, 0.5) is 0 Å². The van der Waals surface area contributed by atoms with Crippen LogP contribution < -0.4 is 15.4 Å². The van der Waals surface area contributed by atoms with Crippen molar-refractivity contribution >= 4 is 45.6 Å². The standard InChI is InChI=1S/C32H32N6O4/c1-22(39)34-19-32(41)38(14-12-25-17-35-28-10-6-5-9-26(25)28)20-30(40)33-13-11-24-16-36-29-18-37-31(15-27(24)29)42-21-23-7-3-2-4-8-23/h2-11,13,15-18,35-36H,12,14,19-21H2,1H3,(H,33,40)(H,34,39). The Balaban J connectivity index is 1.21. The third kappa shape index (κ3) is 7.22. The summed E-state index contributed by atoms with van der Waals surface area (Å²) in [5.41, 5.74) is 4.77. The van der Waals surface area contributed by atoms with Crippen molar-refractivity contribution in [1.29, 1.82) is 0 Å². The molecule has 0 aliphatic rings. The fourth-order valence-corrected chi connectivity index (χ4v) is 4.61. The molecular weight excluding hydrogens is 532 g/mol. The Bertz CT molecular complexity index is 1720. The molecule has 5 aromatic rings. The second-order valence-electron chi connectivity index (χ2n) is 9.82. The molecule has 10 heteroatoms. The van der Waals surface area contributed by atoms with Crippen molar-refractivity contribution < 1.29 is 19.1 Å². The number of H-pyrrole nitrogens is 2. The van der Waals surface area contributed by atoms with Crippen LogP contribution in [0, 0.1) is 0 Å². The number of hydrogen-bond donors (Lipinski definition) is 4. The minimum absolute atomic E-state index is 0.152. The number of aromatic nitrogens is 3. The molecule has 0 spiro atoms. The first-order valence-electron chi connectivity index (χ1n) is 13.6. The van der Waals surface area contributed by atoms with Crippen molar-refractivity contribution in [3.63, 3.8) is 0 Å². The minimum atomic E-state index is -0.352. The Morgan fingerprint density at radius 2 is 1.76 bits per heavy atom. The third-order valence-electron chi connectivity index (χ3n) is 6.81. The number of fused-ring (bicyclic) bond motifs is 2. The first kappa shape index (κ1) is 28.2. The zero-order valence-corrected chi connectivity index (χ0v) is 23.2. The van der Waals surface area contributed by atoms with Gasteiger partial charge in [0, 0.05) is 60.0 Å². The van der Waals surface area contributed by atoms with Gasteiger partial charge in [0.15, 0.2) is 0 Å². The molecule has 0 fully saturated rings. The Kier molecular flexibility index (Phi) is 8.93. The zero-order valence-electron chi connectivity index (χ0n) is 23.2. The summed E-state index contributed by atoms with van der Waals surface area (Å²) in [5, 5.41) is 7.24. The minimum Gasteiger partial charge on any atom is -0.473 e. The zero-order chi connectivity index (χ0) is 29.3. The average Bonchev–Trinajstić information content (AvgIpc) is 3.61. The van der Waals surface area contributed by atoms with Crippen LogP contribution >= 0.6 is 0 Å². The van der Waals surface area contributed by atoms with Gasteiger partial charge in [-0.15, -0.1) is 0 Å². The van der Waals surface area contributed by atoms with E-state index in [0.717, 1.165) is 38.5 Å². The number of carbonyl (C=O) groups excluding carboxylic acids is 3. The number of rotatable bonds is 12. The maximum absolute atomic E-state index is 12.9. The molecular formula is C32H32N6O4. The molecule has 10 nitrogen and oxygen atoms in total. The predicted octanol–water partition coefficient (Wildman–Crippen LogP) is 3.92. The summed E-state index contributed by atoms with van der Waals surface area (Å²) in [6.45, 7) is 1.74. The van der Waals surface area contributed by atoms with Crippen LogP contribution in [-0.2, 0) is 27.4 Å². The van der Waals surface area contributed by atoms with E-state index < -0.39 is 0 Å². The highest BCUT2D eigenvalue weighted by Crippen LogP contribution is 2.23. The molecule has 214 valence electrons. The van der Waals surface area contributed by atoms with Gasteiger partial charge in [0.05, 0.1) is 24.8 Å². The molecule has 5 rings (SSSR count). The van der Waals surface area contributed by atoms with Gasteiger partial charge in [-0.2, -0.15) is 0 Å². The molecule has 42 heavy (non-hydrogen) atoms. The number of aromatic amines is 2. The fourth-order valence-electron chi connectivity index (χ4n) is 4.61. The molecule has 0 aliphatic heterocycles. The molecule has 3 aromatic heterocycles. The summed E-state index contributed by atoms with van der Waals surface area (Å²) in [4.78, 5) is 49.3. The van der Waals surface area contributed by atoms with Gasteiger partial charge in [-0.1, -0.05) is 48.5 Å². The van der Waals surface area contributed by atoms with Gasteiger partial charge in [-0.25, -0.2) is 4.98 Å². The topological polar surface area (TPSA) is 132 Å². The molecule has 0 radical (unpaired) electrons. The van der Waals surface area contributed by atoms with E-state index in [1.165, 1.54) is 11.8 Å². The molecule has 3 heterocycles. The Hall–Kier alpha value is -5.38. The number of carbonyl (C=O) groups is 3. The highest BCUT2D eigenvalue weighted by atomic mass is 16.5. The van der Waals surface area contributed by atoms with E-state index >= 15 is 0 Å². The lowest BCUT2D eigenvalue weighted by atomic mass is 10.1. The number of pyridine rings is 1. The molecule has 0 saturated carbocycles. The van der Waals surface area contributed by atoms with E-state index in [0.29, 0.717) is 25.5 Å². The average molecular weight is 565 g/mol. The van der Waals surface area contributed by atoms with Gasteiger partial charge in [-0.05, 0) is 29.7 Å². The highest BCUT2D eigenvalue weighted by Gasteiger charge is 2.18. The van der Waals surface area contributed by atoms with Crippen molar-refractivity contribution in [1.82, 2.24) is 30.5 Å². The quantitative estimate of drug-likeness (QED) is 0.182. The van der Waals surface area contributed by atoms with Crippen molar-refractivity contribution in [2.24, 2.45) is 0 Å². The lowest BCUT2D eigenvalue weighted by Gasteiger charge is -2.22. The van der Waals surface area contributed by atoms with E-state index in [9.17, 15) is 14.4 Å². The first-order valence-corrected chi connectivity index (χ1v) is 13.6. The van der Waals surface area contributed by atoms with Gasteiger partial charge in [0.1, 0.15) is 6.61 Å². The summed E-state index contributed by atoms with van der Waals surface area (Å²) < 4.78 is 5.86.